The molecular formula is C28H35N5O3. The number of benzene rings is 2. The molecule has 2 aromatic carbocycles. The number of primary amides is 1. The topological polar surface area (TPSA) is 124 Å². The normalized spacial score (nSPS) is 11.8. The lowest BCUT2D eigenvalue weighted by molar-refractivity contribution is 0.0729. The molecule has 4 N–H and O–H groups in total. The van der Waals surface area contributed by atoms with Crippen LogP contribution in [0.5, 0.6) is 0 Å². The maximum Gasteiger partial charge on any atom is 0.266 e. The van der Waals surface area contributed by atoms with E-state index in [2.05, 4.69) is 4.98 Å². The van der Waals surface area contributed by atoms with E-state index in [0.29, 0.717) is 49.6 Å². The molecule has 3 rings (SSSR count). The Morgan fingerprint density at radius 1 is 1.06 bits per heavy atom. The quantitative estimate of drug-likeness (QED) is 0.428. The summed E-state index contributed by atoms with van der Waals surface area (Å²) in [6.07, 6.45) is 1.13. The van der Waals surface area contributed by atoms with Crippen molar-refractivity contribution in [1.29, 1.82) is 0 Å². The molecule has 0 spiro atoms. The molecule has 0 bridgehead atoms. The molecule has 8 nitrogen and oxygen atoms in total. The molecule has 1 aromatic heterocycles. The highest BCUT2D eigenvalue weighted by Crippen LogP contribution is 2.15. The molecule has 36 heavy (non-hydrogen) atoms. The van der Waals surface area contributed by atoms with Crippen LogP contribution in [-0.2, 0) is 13.0 Å². The fraction of sp³-hybridized carbons (Fsp3) is 0.357. The van der Waals surface area contributed by atoms with Crippen LogP contribution in [0.25, 0.3) is 0 Å². The Balaban J connectivity index is 1.89. The first-order valence-corrected chi connectivity index (χ1v) is 12.2. The first-order chi connectivity index (χ1) is 17.2. The number of carbonyl (C=O) groups is 2. The van der Waals surface area contributed by atoms with Crippen molar-refractivity contribution in [3.8, 4) is 0 Å². The van der Waals surface area contributed by atoms with Crippen LogP contribution in [0.3, 0.4) is 0 Å². The zero-order valence-corrected chi connectivity index (χ0v) is 21.2. The Bertz CT molecular complexity index is 1250. The third kappa shape index (κ3) is 6.66. The molecule has 0 fully saturated rings. The minimum Gasteiger partial charge on any atom is -0.365 e. The Labute approximate surface area is 211 Å². The molecule has 0 aliphatic heterocycles. The van der Waals surface area contributed by atoms with Crippen molar-refractivity contribution in [3.63, 3.8) is 0 Å². The van der Waals surface area contributed by atoms with Gasteiger partial charge >= 0.3 is 0 Å². The first kappa shape index (κ1) is 26.8. The third-order valence-electron chi connectivity index (χ3n) is 6.14. The number of aryl methyl sites for hydroxylation is 2. The van der Waals surface area contributed by atoms with Gasteiger partial charge in [0.2, 0.25) is 0 Å². The number of rotatable bonds is 11. The van der Waals surface area contributed by atoms with Crippen LogP contribution < -0.4 is 17.0 Å². The Morgan fingerprint density at radius 2 is 1.72 bits per heavy atom. The van der Waals surface area contributed by atoms with Gasteiger partial charge in [-0.15, -0.1) is 0 Å². The largest absolute Gasteiger partial charge is 0.365 e. The zero-order valence-electron chi connectivity index (χ0n) is 21.2. The molecule has 8 heteroatoms. The average Bonchev–Trinajstić information content (AvgIpc) is 2.84. The highest BCUT2D eigenvalue weighted by Gasteiger charge is 2.22. The highest BCUT2D eigenvalue weighted by atomic mass is 16.2. The number of nitrogens with zero attached hydrogens (tertiary/aromatic N) is 3. The molecule has 0 saturated heterocycles. The van der Waals surface area contributed by atoms with Crippen LogP contribution in [0.4, 0.5) is 0 Å². The summed E-state index contributed by atoms with van der Waals surface area (Å²) in [5.74, 6) is -0.293. The Kier molecular flexibility index (Phi) is 9.13. The minimum absolute atomic E-state index is 0.00933. The van der Waals surface area contributed by atoms with Crippen molar-refractivity contribution in [1.82, 2.24) is 14.5 Å². The lowest BCUT2D eigenvalue weighted by Crippen LogP contribution is -2.38. The van der Waals surface area contributed by atoms with Crippen LogP contribution in [-0.4, -0.2) is 45.9 Å². The zero-order chi connectivity index (χ0) is 26.2. The summed E-state index contributed by atoms with van der Waals surface area (Å²) in [5.41, 5.74) is 13.6. The van der Waals surface area contributed by atoms with Gasteiger partial charge in [0.15, 0.2) is 0 Å². The average molecular weight is 490 g/mol. The summed E-state index contributed by atoms with van der Waals surface area (Å²) in [6, 6.07) is 17.0. The number of nitrogens with two attached hydrogens (primary N) is 2. The van der Waals surface area contributed by atoms with Crippen LogP contribution in [0.15, 0.2) is 59.4 Å². The molecule has 2 amide bonds. The molecule has 1 heterocycles. The van der Waals surface area contributed by atoms with Gasteiger partial charge in [0, 0.05) is 25.1 Å². The van der Waals surface area contributed by atoms with Gasteiger partial charge in [-0.05, 0) is 50.4 Å². The molecule has 3 aromatic rings. The number of hydrogen-bond acceptors (Lipinski definition) is 5. The number of carbonyl (C=O) groups excluding carboxylic acids is 2. The van der Waals surface area contributed by atoms with Crippen molar-refractivity contribution < 1.29 is 9.59 Å². The molecule has 0 aliphatic rings. The molecule has 0 aliphatic carbocycles. The molecule has 1 atom stereocenters. The van der Waals surface area contributed by atoms with E-state index in [1.165, 1.54) is 4.57 Å². The number of hydrogen-bond donors (Lipinski definition) is 2. The molecule has 190 valence electrons. The molecule has 1 unspecified atom stereocenters. The second-order valence-corrected chi connectivity index (χ2v) is 9.30. The second-order valence-electron chi connectivity index (χ2n) is 9.30. The van der Waals surface area contributed by atoms with Gasteiger partial charge in [0.1, 0.15) is 11.4 Å². The van der Waals surface area contributed by atoms with E-state index in [1.54, 1.807) is 6.92 Å². The number of aromatic nitrogens is 2. The van der Waals surface area contributed by atoms with Crippen molar-refractivity contribution >= 4 is 11.8 Å². The van der Waals surface area contributed by atoms with Crippen LogP contribution in [0, 0.1) is 19.8 Å². The van der Waals surface area contributed by atoms with E-state index in [0.717, 1.165) is 11.1 Å². The van der Waals surface area contributed by atoms with Gasteiger partial charge < -0.3 is 16.4 Å². The van der Waals surface area contributed by atoms with Gasteiger partial charge in [0.05, 0.1) is 12.2 Å². The lowest BCUT2D eigenvalue weighted by atomic mass is 10.0. The standard InChI is InChI=1S/C28H35N5O3/c1-19-10-12-23(13-11-19)27(35)32(15-7-14-29)17-20(2)16-24-31-21(3)25(26(30)34)28(36)33(24)18-22-8-5-4-6-9-22/h4-6,8-13,20H,7,14-18,29H2,1-3H3,(H2,30,34). The lowest BCUT2D eigenvalue weighted by Gasteiger charge is -2.27. The molecular weight excluding hydrogens is 454 g/mol. The van der Waals surface area contributed by atoms with E-state index in [-0.39, 0.29) is 23.9 Å². The van der Waals surface area contributed by atoms with Gasteiger partial charge in [0.25, 0.3) is 17.4 Å². The second kappa shape index (κ2) is 12.3. The maximum atomic E-state index is 13.3. The van der Waals surface area contributed by atoms with Crippen LogP contribution in [0.1, 0.15) is 56.7 Å². The van der Waals surface area contributed by atoms with Crippen LogP contribution >= 0.6 is 0 Å². The summed E-state index contributed by atoms with van der Waals surface area (Å²) in [5, 5.41) is 0. The summed E-state index contributed by atoms with van der Waals surface area (Å²) >= 11 is 0. The first-order valence-electron chi connectivity index (χ1n) is 12.2. The SMILES string of the molecule is Cc1ccc(C(=O)N(CCCN)CC(C)Cc2nc(C)c(C(N)=O)c(=O)n2Cc2ccccc2)cc1. The van der Waals surface area contributed by atoms with Crippen LogP contribution in [0.2, 0.25) is 0 Å². The molecule has 0 radical (unpaired) electrons. The summed E-state index contributed by atoms with van der Waals surface area (Å²) in [6.45, 7) is 7.40. The predicted molar refractivity (Wildman–Crippen MR) is 141 cm³/mol. The van der Waals surface area contributed by atoms with Crippen molar-refractivity contribution in [3.05, 3.63) is 98.7 Å². The van der Waals surface area contributed by atoms with E-state index in [1.807, 2.05) is 73.3 Å². The Hall–Kier alpha value is -3.78. The Morgan fingerprint density at radius 3 is 2.33 bits per heavy atom. The van der Waals surface area contributed by atoms with Crippen molar-refractivity contribution in [2.45, 2.75) is 40.2 Å². The summed E-state index contributed by atoms with van der Waals surface area (Å²) < 4.78 is 1.52. The minimum atomic E-state index is -0.789. The van der Waals surface area contributed by atoms with E-state index >= 15 is 0 Å². The molecule has 0 saturated carbocycles. The van der Waals surface area contributed by atoms with Crippen molar-refractivity contribution in [2.75, 3.05) is 19.6 Å². The van der Waals surface area contributed by atoms with Gasteiger partial charge in [-0.1, -0.05) is 55.0 Å². The van der Waals surface area contributed by atoms with E-state index in [9.17, 15) is 14.4 Å². The highest BCUT2D eigenvalue weighted by molar-refractivity contribution is 5.94. The number of amides is 2. The predicted octanol–water partition coefficient (Wildman–Crippen LogP) is 2.68. The maximum absolute atomic E-state index is 13.3. The van der Waals surface area contributed by atoms with E-state index < -0.39 is 11.5 Å². The van der Waals surface area contributed by atoms with Gasteiger partial charge in [-0.3, -0.25) is 19.0 Å². The van der Waals surface area contributed by atoms with Gasteiger partial charge in [-0.2, -0.15) is 0 Å². The fourth-order valence-electron chi connectivity index (χ4n) is 4.27. The monoisotopic (exact) mass is 489 g/mol. The van der Waals surface area contributed by atoms with Crippen molar-refractivity contribution in [2.24, 2.45) is 17.4 Å². The van der Waals surface area contributed by atoms with Gasteiger partial charge in [-0.25, -0.2) is 4.98 Å². The summed E-state index contributed by atoms with van der Waals surface area (Å²) in [7, 11) is 0. The smallest absolute Gasteiger partial charge is 0.266 e. The third-order valence-corrected chi connectivity index (χ3v) is 6.14. The van der Waals surface area contributed by atoms with E-state index in [4.69, 9.17) is 11.5 Å². The fourth-order valence-corrected chi connectivity index (χ4v) is 4.27. The summed E-state index contributed by atoms with van der Waals surface area (Å²) in [4.78, 5) is 44.9.